The molecule has 0 fully saturated rings. The molecule has 0 N–H and O–H groups in total. The maximum Gasteiger partial charge on any atom is 0.356 e. The number of aromatic nitrogens is 1. The van der Waals surface area contributed by atoms with Crippen LogP contribution in [-0.4, -0.2) is 42.1 Å². The van der Waals surface area contributed by atoms with Crippen molar-refractivity contribution in [3.05, 3.63) is 65.0 Å². The number of hydrogen-bond acceptors (Lipinski definition) is 6. The second-order valence-electron chi connectivity index (χ2n) is 9.17. The number of rotatable bonds is 8. The fourth-order valence-corrected chi connectivity index (χ4v) is 3.94. The molecule has 0 spiro atoms. The van der Waals surface area contributed by atoms with Gasteiger partial charge in [0.05, 0.1) is 18.0 Å². The van der Waals surface area contributed by atoms with Gasteiger partial charge < -0.3 is 9.64 Å². The number of allylic oxidation sites excluding steroid dienone is 2. The number of pyridine rings is 1. The van der Waals surface area contributed by atoms with Gasteiger partial charge in [0.1, 0.15) is 11.4 Å². The Morgan fingerprint density at radius 3 is 2.27 bits per heavy atom. The SMILES string of the molecule is CCOC(=O)c1cc(C)c2c(n1)C(=O)C=CC2=Nc1ccc(N(CC(C)C)CC(C)C)cc1. The summed E-state index contributed by atoms with van der Waals surface area (Å²) >= 11 is 0. The van der Waals surface area contributed by atoms with Gasteiger partial charge in [0.25, 0.3) is 0 Å². The van der Waals surface area contributed by atoms with Gasteiger partial charge in [-0.05, 0) is 73.7 Å². The summed E-state index contributed by atoms with van der Waals surface area (Å²) in [6.45, 7) is 14.7. The molecule has 6 heteroatoms. The summed E-state index contributed by atoms with van der Waals surface area (Å²) in [5, 5.41) is 0. The largest absolute Gasteiger partial charge is 0.461 e. The van der Waals surface area contributed by atoms with Gasteiger partial charge in [-0.25, -0.2) is 14.8 Å². The molecule has 1 heterocycles. The van der Waals surface area contributed by atoms with Gasteiger partial charge in [0.2, 0.25) is 5.78 Å². The number of ketones is 1. The molecule has 0 amide bonds. The summed E-state index contributed by atoms with van der Waals surface area (Å²) in [5.41, 5.74) is 4.40. The first kappa shape index (κ1) is 24.4. The van der Waals surface area contributed by atoms with Crippen LogP contribution in [0.4, 0.5) is 11.4 Å². The second-order valence-corrected chi connectivity index (χ2v) is 9.17. The molecule has 0 radical (unpaired) electrons. The molecule has 1 aromatic carbocycles. The van der Waals surface area contributed by atoms with E-state index in [1.54, 1.807) is 19.1 Å². The summed E-state index contributed by atoms with van der Waals surface area (Å²) in [6.07, 6.45) is 3.16. The van der Waals surface area contributed by atoms with Gasteiger partial charge in [-0.2, -0.15) is 0 Å². The van der Waals surface area contributed by atoms with Crippen molar-refractivity contribution in [2.45, 2.75) is 41.5 Å². The van der Waals surface area contributed by atoms with E-state index in [4.69, 9.17) is 9.73 Å². The Bertz CT molecular complexity index is 1070. The van der Waals surface area contributed by atoms with Crippen molar-refractivity contribution in [2.24, 2.45) is 16.8 Å². The lowest BCUT2D eigenvalue weighted by Gasteiger charge is -2.28. The summed E-state index contributed by atoms with van der Waals surface area (Å²) < 4.78 is 5.04. The first-order valence-corrected chi connectivity index (χ1v) is 11.5. The van der Waals surface area contributed by atoms with E-state index < -0.39 is 5.97 Å². The quantitative estimate of drug-likeness (QED) is 0.496. The van der Waals surface area contributed by atoms with Crippen molar-refractivity contribution >= 4 is 28.8 Å². The summed E-state index contributed by atoms with van der Waals surface area (Å²) in [6, 6.07) is 9.83. The molecule has 0 unspecified atom stereocenters. The van der Waals surface area contributed by atoms with Gasteiger partial charge in [-0.1, -0.05) is 27.7 Å². The van der Waals surface area contributed by atoms with Crippen LogP contribution in [0.25, 0.3) is 0 Å². The fraction of sp³-hybridized carbons (Fsp3) is 0.407. The highest BCUT2D eigenvalue weighted by Crippen LogP contribution is 2.26. The van der Waals surface area contributed by atoms with Crippen molar-refractivity contribution in [2.75, 3.05) is 24.6 Å². The van der Waals surface area contributed by atoms with Gasteiger partial charge in [0.15, 0.2) is 0 Å². The van der Waals surface area contributed by atoms with Gasteiger partial charge in [-0.15, -0.1) is 0 Å². The van der Waals surface area contributed by atoms with Crippen LogP contribution in [-0.2, 0) is 4.74 Å². The Balaban J connectivity index is 1.94. The van der Waals surface area contributed by atoms with Crippen molar-refractivity contribution in [1.82, 2.24) is 4.98 Å². The topological polar surface area (TPSA) is 71.9 Å². The van der Waals surface area contributed by atoms with Crippen LogP contribution >= 0.6 is 0 Å². The lowest BCUT2D eigenvalue weighted by molar-refractivity contribution is 0.0519. The first-order valence-electron chi connectivity index (χ1n) is 11.5. The molecule has 1 aliphatic rings. The Hall–Kier alpha value is -3.28. The van der Waals surface area contributed by atoms with Gasteiger partial charge in [-0.3, -0.25) is 4.79 Å². The average molecular weight is 448 g/mol. The van der Waals surface area contributed by atoms with E-state index in [1.165, 1.54) is 11.8 Å². The molecule has 1 aliphatic carbocycles. The third-order valence-electron chi connectivity index (χ3n) is 5.22. The van der Waals surface area contributed by atoms with Crippen LogP contribution in [0.15, 0.2) is 47.5 Å². The molecule has 6 nitrogen and oxygen atoms in total. The molecule has 0 atom stereocenters. The Kier molecular flexibility index (Phi) is 7.79. The average Bonchev–Trinajstić information content (AvgIpc) is 2.75. The number of anilines is 1. The second kappa shape index (κ2) is 10.6. The van der Waals surface area contributed by atoms with E-state index in [-0.39, 0.29) is 23.8 Å². The zero-order valence-corrected chi connectivity index (χ0v) is 20.4. The number of aliphatic imine (C=N–C) groups is 1. The van der Waals surface area contributed by atoms with Crippen molar-refractivity contribution < 1.29 is 14.3 Å². The third kappa shape index (κ3) is 5.95. The number of benzene rings is 1. The van der Waals surface area contributed by atoms with Crippen LogP contribution in [0.2, 0.25) is 0 Å². The molecule has 0 saturated heterocycles. The fourth-order valence-electron chi connectivity index (χ4n) is 3.94. The number of carbonyl (C=O) groups is 2. The molecule has 2 aromatic rings. The Morgan fingerprint density at radius 1 is 1.06 bits per heavy atom. The lowest BCUT2D eigenvalue weighted by atomic mass is 9.94. The predicted molar refractivity (Wildman–Crippen MR) is 133 cm³/mol. The first-order chi connectivity index (χ1) is 15.7. The third-order valence-corrected chi connectivity index (χ3v) is 5.22. The van der Waals surface area contributed by atoms with E-state index in [2.05, 4.69) is 49.7 Å². The Labute approximate surface area is 196 Å². The van der Waals surface area contributed by atoms with E-state index in [0.29, 0.717) is 23.1 Å². The molecular weight excluding hydrogens is 414 g/mol. The zero-order chi connectivity index (χ0) is 24.1. The van der Waals surface area contributed by atoms with Crippen molar-refractivity contribution in [3.8, 4) is 0 Å². The number of esters is 1. The zero-order valence-electron chi connectivity index (χ0n) is 20.4. The molecule has 33 heavy (non-hydrogen) atoms. The van der Waals surface area contributed by atoms with Crippen LogP contribution in [0.1, 0.15) is 66.7 Å². The lowest BCUT2D eigenvalue weighted by Crippen LogP contribution is -2.31. The standard InChI is InChI=1S/C27H33N3O3/c1-7-33-27(32)23-14-19(6)25-22(12-13-24(31)26(25)29-23)28-20-8-10-21(11-9-20)30(15-17(2)3)16-18(4)5/h8-14,17-18H,7,15-16H2,1-6H3. The van der Waals surface area contributed by atoms with Crippen LogP contribution in [0.5, 0.6) is 0 Å². The van der Waals surface area contributed by atoms with Crippen LogP contribution in [0.3, 0.4) is 0 Å². The molecule has 0 bridgehead atoms. The van der Waals surface area contributed by atoms with E-state index >= 15 is 0 Å². The van der Waals surface area contributed by atoms with E-state index in [9.17, 15) is 9.59 Å². The molecule has 174 valence electrons. The Morgan fingerprint density at radius 2 is 1.70 bits per heavy atom. The molecule has 0 saturated carbocycles. The van der Waals surface area contributed by atoms with Crippen LogP contribution in [0, 0.1) is 18.8 Å². The summed E-state index contributed by atoms with van der Waals surface area (Å²) in [5.74, 6) is 0.360. The number of carbonyl (C=O) groups excluding carboxylic acids is 2. The normalized spacial score (nSPS) is 14.2. The molecule has 3 rings (SSSR count). The maximum absolute atomic E-state index is 12.5. The minimum absolute atomic E-state index is 0.135. The number of ether oxygens (including phenoxy) is 1. The van der Waals surface area contributed by atoms with Gasteiger partial charge >= 0.3 is 5.97 Å². The van der Waals surface area contributed by atoms with Crippen molar-refractivity contribution in [3.63, 3.8) is 0 Å². The van der Waals surface area contributed by atoms with Gasteiger partial charge in [0, 0.05) is 24.3 Å². The highest BCUT2D eigenvalue weighted by molar-refractivity contribution is 6.24. The molecule has 0 aliphatic heterocycles. The maximum atomic E-state index is 12.5. The predicted octanol–water partition coefficient (Wildman–Crippen LogP) is 5.56. The molecule has 1 aromatic heterocycles. The number of hydrogen-bond donors (Lipinski definition) is 0. The highest BCUT2D eigenvalue weighted by atomic mass is 16.5. The van der Waals surface area contributed by atoms with E-state index in [1.807, 2.05) is 19.1 Å². The minimum atomic E-state index is -0.535. The minimum Gasteiger partial charge on any atom is -0.461 e. The smallest absolute Gasteiger partial charge is 0.356 e. The van der Waals surface area contributed by atoms with Crippen LogP contribution < -0.4 is 4.90 Å². The summed E-state index contributed by atoms with van der Waals surface area (Å²) in [4.78, 5) is 36.1. The summed E-state index contributed by atoms with van der Waals surface area (Å²) in [7, 11) is 0. The highest BCUT2D eigenvalue weighted by Gasteiger charge is 2.24. The number of nitrogens with zero attached hydrogens (tertiary/aromatic N) is 3. The van der Waals surface area contributed by atoms with Crippen molar-refractivity contribution in [1.29, 1.82) is 0 Å². The number of aryl methyl sites for hydroxylation is 1. The van der Waals surface area contributed by atoms with E-state index in [0.717, 1.165) is 24.3 Å². The number of fused-ring (bicyclic) bond motifs is 1. The monoisotopic (exact) mass is 447 g/mol. The molecular formula is C27H33N3O3.